The van der Waals surface area contributed by atoms with Crippen LogP contribution in [0.1, 0.15) is 11.1 Å². The Kier molecular flexibility index (Phi) is 8.60. The number of amides is 3. The Bertz CT molecular complexity index is 1390. The monoisotopic (exact) mass is 625 g/mol. The number of nitrogens with zero attached hydrogens (tertiary/aromatic N) is 3. The lowest BCUT2D eigenvalue weighted by Crippen LogP contribution is -2.51. The van der Waals surface area contributed by atoms with E-state index in [1.807, 2.05) is 60.7 Å². The third-order valence-corrected chi connectivity index (χ3v) is 8.24. The predicted octanol–water partition coefficient (Wildman–Crippen LogP) is 6.07. The molecule has 3 amide bonds. The molecule has 0 radical (unpaired) electrons. The number of carbonyl (C=O) groups is 3. The van der Waals surface area contributed by atoms with Gasteiger partial charge in [-0.15, -0.1) is 0 Å². The van der Waals surface area contributed by atoms with Crippen molar-refractivity contribution in [2.75, 3.05) is 37.6 Å². The molecular formula is C29H25BrClN3O4S. The number of benzene rings is 3. The Morgan fingerprint density at radius 1 is 0.974 bits per heavy atom. The van der Waals surface area contributed by atoms with Gasteiger partial charge in [0.25, 0.3) is 11.1 Å². The van der Waals surface area contributed by atoms with Gasteiger partial charge in [-0.05, 0) is 69.2 Å². The van der Waals surface area contributed by atoms with E-state index < -0.39 is 11.1 Å². The number of carbonyl (C=O) groups excluding carboxylic acids is 3. The summed E-state index contributed by atoms with van der Waals surface area (Å²) in [5, 5.41) is -0.0916. The molecule has 2 aliphatic rings. The maximum atomic E-state index is 13.0. The third-order valence-electron chi connectivity index (χ3n) is 6.47. The van der Waals surface area contributed by atoms with Crippen LogP contribution in [0.2, 0.25) is 5.02 Å². The first-order valence-corrected chi connectivity index (χ1v) is 14.4. The predicted molar refractivity (Wildman–Crippen MR) is 158 cm³/mol. The number of hydrogen-bond donors (Lipinski definition) is 0. The third kappa shape index (κ3) is 6.49. The first kappa shape index (κ1) is 27.3. The molecule has 3 aromatic carbocycles. The van der Waals surface area contributed by atoms with Gasteiger partial charge < -0.3 is 14.5 Å². The fourth-order valence-corrected chi connectivity index (χ4v) is 6.23. The van der Waals surface area contributed by atoms with Crippen LogP contribution in [0, 0.1) is 0 Å². The SMILES string of the molecule is O=C(CN1C(=O)S/C(=C/c2cc(Cl)c(OCc3ccccc3)c(Br)c2)C1=O)N1CCN(c2ccccc2)CC1. The Balaban J connectivity index is 1.20. The van der Waals surface area contributed by atoms with Crippen LogP contribution in [0.15, 0.2) is 82.2 Å². The standard InChI is InChI=1S/C29H25BrClN3O4S/c30-23-15-21(16-24(31)27(23)38-19-20-7-3-1-4-8-20)17-25-28(36)34(29(37)39-25)18-26(35)33-13-11-32(12-14-33)22-9-5-2-6-10-22/h1-10,15-17H,11-14,18-19H2/b25-17+. The average Bonchev–Trinajstić information content (AvgIpc) is 3.21. The molecule has 200 valence electrons. The highest BCUT2D eigenvalue weighted by molar-refractivity contribution is 9.10. The molecule has 5 rings (SSSR count). The molecule has 0 bridgehead atoms. The summed E-state index contributed by atoms with van der Waals surface area (Å²) in [6.07, 6.45) is 1.60. The molecule has 3 aromatic rings. The molecule has 0 aliphatic carbocycles. The van der Waals surface area contributed by atoms with Crippen molar-refractivity contribution in [2.45, 2.75) is 6.61 Å². The fraction of sp³-hybridized carbons (Fsp3) is 0.207. The van der Waals surface area contributed by atoms with E-state index in [9.17, 15) is 14.4 Å². The Morgan fingerprint density at radius 3 is 2.31 bits per heavy atom. The highest BCUT2D eigenvalue weighted by Crippen LogP contribution is 2.38. The smallest absolute Gasteiger partial charge is 0.294 e. The summed E-state index contributed by atoms with van der Waals surface area (Å²) in [5.41, 5.74) is 2.75. The maximum absolute atomic E-state index is 13.0. The highest BCUT2D eigenvalue weighted by Gasteiger charge is 2.37. The molecule has 0 aromatic heterocycles. The minimum absolute atomic E-state index is 0.239. The zero-order valence-electron chi connectivity index (χ0n) is 20.9. The van der Waals surface area contributed by atoms with Crippen molar-refractivity contribution in [2.24, 2.45) is 0 Å². The number of halogens is 2. The summed E-state index contributed by atoms with van der Waals surface area (Å²) in [6.45, 7) is 2.53. The summed E-state index contributed by atoms with van der Waals surface area (Å²) >= 11 is 10.8. The van der Waals surface area contributed by atoms with Gasteiger partial charge in [-0.1, -0.05) is 60.1 Å². The van der Waals surface area contributed by atoms with Crippen molar-refractivity contribution in [3.63, 3.8) is 0 Å². The summed E-state index contributed by atoms with van der Waals surface area (Å²) < 4.78 is 6.51. The number of piperazine rings is 1. The van der Waals surface area contributed by atoms with Gasteiger partial charge in [0.15, 0.2) is 5.75 Å². The van der Waals surface area contributed by atoms with Crippen molar-refractivity contribution in [3.05, 3.63) is 98.3 Å². The van der Waals surface area contributed by atoms with Crippen LogP contribution >= 0.6 is 39.3 Å². The van der Waals surface area contributed by atoms with E-state index in [1.165, 1.54) is 0 Å². The summed E-state index contributed by atoms with van der Waals surface area (Å²) in [5.74, 6) is -0.237. The topological polar surface area (TPSA) is 70.2 Å². The van der Waals surface area contributed by atoms with Gasteiger partial charge in [0.1, 0.15) is 13.2 Å². The van der Waals surface area contributed by atoms with Crippen molar-refractivity contribution in [1.82, 2.24) is 9.80 Å². The van der Waals surface area contributed by atoms with E-state index >= 15 is 0 Å². The first-order valence-electron chi connectivity index (χ1n) is 12.4. The van der Waals surface area contributed by atoms with Gasteiger partial charge in [-0.25, -0.2) is 0 Å². The first-order chi connectivity index (χ1) is 18.9. The van der Waals surface area contributed by atoms with Crippen LogP contribution < -0.4 is 9.64 Å². The summed E-state index contributed by atoms with van der Waals surface area (Å²) in [7, 11) is 0. The van der Waals surface area contributed by atoms with E-state index in [-0.39, 0.29) is 17.4 Å². The molecular weight excluding hydrogens is 602 g/mol. The molecule has 0 saturated carbocycles. The Morgan fingerprint density at radius 2 is 1.64 bits per heavy atom. The average molecular weight is 627 g/mol. The van der Waals surface area contributed by atoms with Crippen molar-refractivity contribution in [1.29, 1.82) is 0 Å². The van der Waals surface area contributed by atoms with Gasteiger partial charge in [0.2, 0.25) is 5.91 Å². The highest BCUT2D eigenvalue weighted by atomic mass is 79.9. The Labute approximate surface area is 244 Å². The summed E-state index contributed by atoms with van der Waals surface area (Å²) in [4.78, 5) is 43.8. The van der Waals surface area contributed by atoms with Gasteiger partial charge >= 0.3 is 0 Å². The normalized spacial score (nSPS) is 16.8. The second-order valence-corrected chi connectivity index (χ2v) is 11.3. The van der Waals surface area contributed by atoms with Crippen LogP contribution in [0.4, 0.5) is 10.5 Å². The minimum atomic E-state index is -0.488. The zero-order valence-corrected chi connectivity index (χ0v) is 24.0. The lowest BCUT2D eigenvalue weighted by atomic mass is 10.2. The molecule has 7 nitrogen and oxygen atoms in total. The van der Waals surface area contributed by atoms with E-state index in [0.29, 0.717) is 53.6 Å². The Hall–Kier alpha value is -3.27. The van der Waals surface area contributed by atoms with Crippen molar-refractivity contribution >= 4 is 68.1 Å². The van der Waals surface area contributed by atoms with E-state index in [4.69, 9.17) is 16.3 Å². The molecule has 0 atom stereocenters. The van der Waals surface area contributed by atoms with Gasteiger partial charge in [0, 0.05) is 31.9 Å². The number of para-hydroxylation sites is 1. The summed E-state index contributed by atoms with van der Waals surface area (Å²) in [6, 6.07) is 23.2. The quantitative estimate of drug-likeness (QED) is 0.297. The van der Waals surface area contributed by atoms with E-state index in [1.54, 1.807) is 23.1 Å². The van der Waals surface area contributed by atoms with Gasteiger partial charge in [0.05, 0.1) is 14.4 Å². The number of anilines is 1. The van der Waals surface area contributed by atoms with Crippen LogP contribution in [0.5, 0.6) is 5.75 Å². The lowest BCUT2D eigenvalue weighted by molar-refractivity contribution is -0.136. The van der Waals surface area contributed by atoms with E-state index in [0.717, 1.165) is 27.9 Å². The maximum Gasteiger partial charge on any atom is 0.294 e. The number of imide groups is 1. The number of rotatable bonds is 7. The molecule has 2 fully saturated rings. The van der Waals surface area contributed by atoms with Gasteiger partial charge in [-0.3, -0.25) is 19.3 Å². The molecule has 39 heavy (non-hydrogen) atoms. The van der Waals surface area contributed by atoms with Crippen LogP contribution in [0.3, 0.4) is 0 Å². The second kappa shape index (κ2) is 12.3. The lowest BCUT2D eigenvalue weighted by Gasteiger charge is -2.36. The largest absolute Gasteiger partial charge is 0.486 e. The van der Waals surface area contributed by atoms with E-state index in [2.05, 4.69) is 20.8 Å². The molecule has 0 spiro atoms. The zero-order chi connectivity index (χ0) is 27.4. The second-order valence-electron chi connectivity index (χ2n) is 9.06. The van der Waals surface area contributed by atoms with Crippen LogP contribution in [-0.2, 0) is 16.2 Å². The van der Waals surface area contributed by atoms with Crippen molar-refractivity contribution < 1.29 is 19.1 Å². The number of thioether (sulfide) groups is 1. The molecule has 0 unspecified atom stereocenters. The molecule has 2 saturated heterocycles. The molecule has 10 heteroatoms. The molecule has 2 heterocycles. The van der Waals surface area contributed by atoms with Crippen molar-refractivity contribution in [3.8, 4) is 5.75 Å². The minimum Gasteiger partial charge on any atom is -0.486 e. The van der Waals surface area contributed by atoms with Gasteiger partial charge in [-0.2, -0.15) is 0 Å². The van der Waals surface area contributed by atoms with Crippen LogP contribution in [0.25, 0.3) is 6.08 Å². The molecule has 0 N–H and O–H groups in total. The van der Waals surface area contributed by atoms with Crippen LogP contribution in [-0.4, -0.2) is 59.6 Å². The number of hydrogen-bond acceptors (Lipinski definition) is 6. The molecule has 2 aliphatic heterocycles. The fourth-order valence-electron chi connectivity index (χ4n) is 4.41. The number of ether oxygens (including phenoxy) is 1.